The van der Waals surface area contributed by atoms with Crippen LogP contribution in [0.3, 0.4) is 0 Å². The summed E-state index contributed by atoms with van der Waals surface area (Å²) in [4.78, 5) is 0. The predicted octanol–water partition coefficient (Wildman–Crippen LogP) is 4.16. The molecule has 0 radical (unpaired) electrons. The van der Waals surface area contributed by atoms with Crippen LogP contribution in [0.25, 0.3) is 0 Å². The molecule has 0 heterocycles. The van der Waals surface area contributed by atoms with Crippen molar-refractivity contribution in [2.45, 2.75) is 26.2 Å². The third-order valence-corrected chi connectivity index (χ3v) is 3.60. The summed E-state index contributed by atoms with van der Waals surface area (Å²) in [5.41, 5.74) is 4.55. The number of hydrogen-bond donors (Lipinski definition) is 0. The highest BCUT2D eigenvalue weighted by atomic mass is 16.5. The molecule has 0 aliphatic heterocycles. The molecule has 0 saturated carbocycles. The van der Waals surface area contributed by atoms with E-state index in [0.717, 1.165) is 16.9 Å². The lowest BCUT2D eigenvalue weighted by atomic mass is 9.90. The minimum Gasteiger partial charge on any atom is -0.496 e. The molecule has 0 fully saturated rings. The monoisotopic (exact) mass is 265 g/mol. The number of nitriles is 1. The first-order valence-corrected chi connectivity index (χ1v) is 6.74. The maximum atomic E-state index is 9.54. The van der Waals surface area contributed by atoms with Crippen molar-refractivity contribution >= 4 is 0 Å². The van der Waals surface area contributed by atoms with Crippen LogP contribution in [-0.2, 0) is 6.42 Å². The summed E-state index contributed by atoms with van der Waals surface area (Å²) in [6.45, 7) is 4.11. The molecule has 0 saturated heterocycles. The molecule has 102 valence electrons. The fourth-order valence-corrected chi connectivity index (χ4v) is 2.41. The van der Waals surface area contributed by atoms with Crippen molar-refractivity contribution in [3.05, 3.63) is 64.7 Å². The lowest BCUT2D eigenvalue weighted by Crippen LogP contribution is -2.04. The van der Waals surface area contributed by atoms with Gasteiger partial charge in [-0.3, -0.25) is 0 Å². The zero-order chi connectivity index (χ0) is 14.5. The van der Waals surface area contributed by atoms with Crippen LogP contribution in [0.2, 0.25) is 0 Å². The molecular weight excluding hydrogens is 246 g/mol. The van der Waals surface area contributed by atoms with Crippen molar-refractivity contribution in [2.75, 3.05) is 7.11 Å². The Morgan fingerprint density at radius 2 is 1.90 bits per heavy atom. The van der Waals surface area contributed by atoms with Crippen LogP contribution in [0, 0.1) is 25.2 Å². The number of aryl methyl sites for hydroxylation is 2. The lowest BCUT2D eigenvalue weighted by molar-refractivity contribution is 0.408. The molecule has 2 rings (SSSR count). The van der Waals surface area contributed by atoms with Crippen LogP contribution < -0.4 is 4.74 Å². The van der Waals surface area contributed by atoms with E-state index < -0.39 is 0 Å². The van der Waals surface area contributed by atoms with Gasteiger partial charge in [-0.25, -0.2) is 0 Å². The van der Waals surface area contributed by atoms with Crippen LogP contribution in [0.4, 0.5) is 0 Å². The van der Waals surface area contributed by atoms with E-state index >= 15 is 0 Å². The first-order chi connectivity index (χ1) is 9.65. The van der Waals surface area contributed by atoms with E-state index in [1.54, 1.807) is 7.11 Å². The maximum Gasteiger partial charge on any atom is 0.123 e. The van der Waals surface area contributed by atoms with E-state index in [-0.39, 0.29) is 5.92 Å². The van der Waals surface area contributed by atoms with Gasteiger partial charge in [0.05, 0.1) is 19.1 Å². The van der Waals surface area contributed by atoms with Crippen molar-refractivity contribution in [1.82, 2.24) is 0 Å². The number of rotatable bonds is 4. The van der Waals surface area contributed by atoms with Crippen LogP contribution >= 0.6 is 0 Å². The fourth-order valence-electron chi connectivity index (χ4n) is 2.41. The molecule has 0 amide bonds. The zero-order valence-corrected chi connectivity index (χ0v) is 12.2. The molecule has 2 nitrogen and oxygen atoms in total. The van der Waals surface area contributed by atoms with Crippen molar-refractivity contribution in [2.24, 2.45) is 0 Å². The SMILES string of the molecule is COc1ccc(C)cc1C(C#N)Cc1ccccc1C. The number of hydrogen-bond acceptors (Lipinski definition) is 2. The van der Waals surface area contributed by atoms with Crippen molar-refractivity contribution in [3.63, 3.8) is 0 Å². The van der Waals surface area contributed by atoms with Gasteiger partial charge in [0.15, 0.2) is 0 Å². The minimum absolute atomic E-state index is 0.189. The molecule has 2 aromatic carbocycles. The molecule has 2 aromatic rings. The van der Waals surface area contributed by atoms with Crippen LogP contribution in [0.1, 0.15) is 28.2 Å². The third-order valence-electron chi connectivity index (χ3n) is 3.60. The molecule has 20 heavy (non-hydrogen) atoms. The minimum atomic E-state index is -0.189. The Morgan fingerprint density at radius 3 is 2.55 bits per heavy atom. The summed E-state index contributed by atoms with van der Waals surface area (Å²) >= 11 is 0. The Morgan fingerprint density at radius 1 is 1.15 bits per heavy atom. The summed E-state index contributed by atoms with van der Waals surface area (Å²) in [5, 5.41) is 9.54. The van der Waals surface area contributed by atoms with E-state index in [9.17, 15) is 5.26 Å². The average molecular weight is 265 g/mol. The first kappa shape index (κ1) is 14.1. The molecule has 0 aliphatic rings. The van der Waals surface area contributed by atoms with Gasteiger partial charge in [0, 0.05) is 5.56 Å². The van der Waals surface area contributed by atoms with Crippen LogP contribution in [0.15, 0.2) is 42.5 Å². The van der Waals surface area contributed by atoms with Gasteiger partial charge in [-0.1, -0.05) is 42.0 Å². The Balaban J connectivity index is 2.37. The Hall–Kier alpha value is -2.27. The van der Waals surface area contributed by atoms with Crippen LogP contribution in [0.5, 0.6) is 5.75 Å². The number of ether oxygens (including phenoxy) is 1. The molecule has 0 N–H and O–H groups in total. The number of benzene rings is 2. The normalized spacial score (nSPS) is 11.7. The summed E-state index contributed by atoms with van der Waals surface area (Å²) < 4.78 is 5.40. The summed E-state index contributed by atoms with van der Waals surface area (Å²) in [6, 6.07) is 16.6. The first-order valence-electron chi connectivity index (χ1n) is 6.74. The van der Waals surface area contributed by atoms with Crippen molar-refractivity contribution in [3.8, 4) is 11.8 Å². The molecule has 0 bridgehead atoms. The highest BCUT2D eigenvalue weighted by Crippen LogP contribution is 2.30. The van der Waals surface area contributed by atoms with Gasteiger partial charge in [0.1, 0.15) is 5.75 Å². The summed E-state index contributed by atoms with van der Waals surface area (Å²) in [6.07, 6.45) is 0.711. The van der Waals surface area contributed by atoms with Crippen molar-refractivity contribution in [1.29, 1.82) is 5.26 Å². The van der Waals surface area contributed by atoms with E-state index in [2.05, 4.69) is 25.1 Å². The average Bonchev–Trinajstić information content (AvgIpc) is 2.46. The highest BCUT2D eigenvalue weighted by molar-refractivity contribution is 5.43. The maximum absolute atomic E-state index is 9.54. The smallest absolute Gasteiger partial charge is 0.123 e. The largest absolute Gasteiger partial charge is 0.496 e. The predicted molar refractivity (Wildman–Crippen MR) is 81.0 cm³/mol. The topological polar surface area (TPSA) is 33.0 Å². The molecule has 1 unspecified atom stereocenters. The zero-order valence-electron chi connectivity index (χ0n) is 12.2. The molecule has 0 aromatic heterocycles. The molecule has 0 aliphatic carbocycles. The number of nitrogens with zero attached hydrogens (tertiary/aromatic N) is 1. The van der Waals surface area contributed by atoms with Gasteiger partial charge in [0.2, 0.25) is 0 Å². The molecular formula is C18H19NO. The van der Waals surface area contributed by atoms with Gasteiger partial charge in [-0.2, -0.15) is 5.26 Å². The van der Waals surface area contributed by atoms with Gasteiger partial charge in [-0.15, -0.1) is 0 Å². The second-order valence-corrected chi connectivity index (χ2v) is 5.06. The Labute approximate surface area is 120 Å². The van der Waals surface area contributed by atoms with E-state index in [0.29, 0.717) is 6.42 Å². The van der Waals surface area contributed by atoms with E-state index in [4.69, 9.17) is 4.74 Å². The summed E-state index contributed by atoms with van der Waals surface area (Å²) in [5.74, 6) is 0.599. The Kier molecular flexibility index (Phi) is 4.42. The Bertz CT molecular complexity index is 640. The molecule has 2 heteroatoms. The fraction of sp³-hybridized carbons (Fsp3) is 0.278. The molecule has 1 atom stereocenters. The van der Waals surface area contributed by atoms with E-state index in [1.807, 2.05) is 37.3 Å². The summed E-state index contributed by atoms with van der Waals surface area (Å²) in [7, 11) is 1.65. The molecule has 0 spiro atoms. The lowest BCUT2D eigenvalue weighted by Gasteiger charge is -2.15. The van der Waals surface area contributed by atoms with E-state index in [1.165, 1.54) is 11.1 Å². The quantitative estimate of drug-likeness (QED) is 0.831. The highest BCUT2D eigenvalue weighted by Gasteiger charge is 2.17. The van der Waals surface area contributed by atoms with Gasteiger partial charge in [0.25, 0.3) is 0 Å². The van der Waals surface area contributed by atoms with Crippen molar-refractivity contribution < 1.29 is 4.74 Å². The second kappa shape index (κ2) is 6.25. The van der Waals surface area contributed by atoms with Gasteiger partial charge >= 0.3 is 0 Å². The van der Waals surface area contributed by atoms with Gasteiger partial charge in [-0.05, 0) is 37.5 Å². The third kappa shape index (κ3) is 3.00. The standard InChI is InChI=1S/C18H19NO/c1-13-8-9-18(20-3)17(10-13)16(12-19)11-15-7-5-4-6-14(15)2/h4-10,16H,11H2,1-3H3. The van der Waals surface area contributed by atoms with Gasteiger partial charge < -0.3 is 4.74 Å². The second-order valence-electron chi connectivity index (χ2n) is 5.06. The number of methoxy groups -OCH3 is 1. The van der Waals surface area contributed by atoms with Crippen LogP contribution in [-0.4, -0.2) is 7.11 Å².